The Morgan fingerprint density at radius 3 is 2.64 bits per heavy atom. The highest BCUT2D eigenvalue weighted by molar-refractivity contribution is 9.09. The van der Waals surface area contributed by atoms with Crippen molar-refractivity contribution in [1.82, 2.24) is 0 Å². The highest BCUT2D eigenvalue weighted by atomic mass is 79.9. The predicted octanol–water partition coefficient (Wildman–Crippen LogP) is 3.09. The van der Waals surface area contributed by atoms with Crippen LogP contribution in [-0.4, -0.2) is 11.1 Å². The first-order valence-corrected chi connectivity index (χ1v) is 5.06. The fourth-order valence-electron chi connectivity index (χ4n) is 0.691. The third-order valence-electron chi connectivity index (χ3n) is 1.62. The SMILES string of the molecule is CCC(C)=CCCC(=O)CBr. The van der Waals surface area contributed by atoms with Crippen molar-refractivity contribution in [2.45, 2.75) is 33.1 Å². The lowest BCUT2D eigenvalue weighted by atomic mass is 10.1. The van der Waals surface area contributed by atoms with Crippen LogP contribution in [0.15, 0.2) is 11.6 Å². The van der Waals surface area contributed by atoms with Crippen LogP contribution in [0, 0.1) is 0 Å². The van der Waals surface area contributed by atoms with Crippen LogP contribution in [0.1, 0.15) is 33.1 Å². The molecule has 0 aromatic heterocycles. The highest BCUT2D eigenvalue weighted by Crippen LogP contribution is 2.03. The first kappa shape index (κ1) is 10.9. The van der Waals surface area contributed by atoms with E-state index in [1.54, 1.807) is 0 Å². The van der Waals surface area contributed by atoms with Crippen molar-refractivity contribution in [1.29, 1.82) is 0 Å². The minimum atomic E-state index is 0.283. The minimum Gasteiger partial charge on any atom is -0.299 e. The maximum atomic E-state index is 10.8. The fourth-order valence-corrected chi connectivity index (χ4v) is 0.971. The summed E-state index contributed by atoms with van der Waals surface area (Å²) in [6.07, 6.45) is 4.79. The summed E-state index contributed by atoms with van der Waals surface area (Å²) in [7, 11) is 0. The van der Waals surface area contributed by atoms with Gasteiger partial charge in [-0.3, -0.25) is 4.79 Å². The molecule has 0 aromatic rings. The van der Waals surface area contributed by atoms with Crippen LogP contribution in [0.3, 0.4) is 0 Å². The Balaban J connectivity index is 3.48. The number of alkyl halides is 1. The molecule has 0 aliphatic carbocycles. The quantitative estimate of drug-likeness (QED) is 0.513. The first-order chi connectivity index (χ1) is 5.20. The zero-order chi connectivity index (χ0) is 8.69. The molecule has 0 saturated carbocycles. The van der Waals surface area contributed by atoms with E-state index in [1.807, 2.05) is 0 Å². The van der Waals surface area contributed by atoms with E-state index in [1.165, 1.54) is 5.57 Å². The molecule has 0 atom stereocenters. The minimum absolute atomic E-state index is 0.283. The number of allylic oxidation sites excluding steroid dienone is 2. The van der Waals surface area contributed by atoms with E-state index in [0.717, 1.165) is 12.8 Å². The Kier molecular flexibility index (Phi) is 6.52. The molecule has 11 heavy (non-hydrogen) atoms. The van der Waals surface area contributed by atoms with Crippen LogP contribution in [0.4, 0.5) is 0 Å². The number of hydrogen-bond donors (Lipinski definition) is 0. The second kappa shape index (κ2) is 6.59. The van der Waals surface area contributed by atoms with Gasteiger partial charge >= 0.3 is 0 Å². The Morgan fingerprint density at radius 1 is 1.55 bits per heavy atom. The maximum absolute atomic E-state index is 10.8. The maximum Gasteiger partial charge on any atom is 0.143 e. The largest absolute Gasteiger partial charge is 0.299 e. The number of ketones is 1. The summed E-state index contributed by atoms with van der Waals surface area (Å²) in [6, 6.07) is 0. The monoisotopic (exact) mass is 218 g/mol. The summed E-state index contributed by atoms with van der Waals surface area (Å²) in [5, 5.41) is 0.492. The van der Waals surface area contributed by atoms with E-state index in [0.29, 0.717) is 11.8 Å². The van der Waals surface area contributed by atoms with E-state index in [4.69, 9.17) is 0 Å². The van der Waals surface area contributed by atoms with Crippen molar-refractivity contribution in [3.63, 3.8) is 0 Å². The second-order valence-corrected chi connectivity index (χ2v) is 3.18. The van der Waals surface area contributed by atoms with Crippen LogP contribution >= 0.6 is 15.9 Å². The Morgan fingerprint density at radius 2 is 2.18 bits per heavy atom. The molecule has 0 heterocycles. The molecule has 0 saturated heterocycles. The molecule has 0 N–H and O–H groups in total. The van der Waals surface area contributed by atoms with Gasteiger partial charge < -0.3 is 0 Å². The Bertz CT molecular complexity index is 150. The van der Waals surface area contributed by atoms with E-state index in [-0.39, 0.29) is 5.78 Å². The van der Waals surface area contributed by atoms with Gasteiger partial charge in [-0.15, -0.1) is 0 Å². The van der Waals surface area contributed by atoms with E-state index in [2.05, 4.69) is 35.9 Å². The van der Waals surface area contributed by atoms with Crippen molar-refractivity contribution in [3.8, 4) is 0 Å². The zero-order valence-electron chi connectivity index (χ0n) is 7.19. The topological polar surface area (TPSA) is 17.1 Å². The molecule has 0 bridgehead atoms. The van der Waals surface area contributed by atoms with Crippen LogP contribution < -0.4 is 0 Å². The molecule has 0 fully saturated rings. The van der Waals surface area contributed by atoms with Gasteiger partial charge in [0.25, 0.3) is 0 Å². The molecule has 0 radical (unpaired) electrons. The van der Waals surface area contributed by atoms with Gasteiger partial charge in [0, 0.05) is 6.42 Å². The standard InChI is InChI=1S/C9H15BrO/c1-3-8(2)5-4-6-9(11)7-10/h5H,3-4,6-7H2,1-2H3. The Labute approximate surface area is 77.0 Å². The van der Waals surface area contributed by atoms with Crippen molar-refractivity contribution in [2.75, 3.05) is 5.33 Å². The van der Waals surface area contributed by atoms with Crippen LogP contribution in [0.5, 0.6) is 0 Å². The van der Waals surface area contributed by atoms with Crippen LogP contribution in [-0.2, 0) is 4.79 Å². The normalized spacial score (nSPS) is 11.7. The average molecular weight is 219 g/mol. The third kappa shape index (κ3) is 6.29. The summed E-state index contributed by atoms with van der Waals surface area (Å²) in [5.74, 6) is 0.283. The molecule has 0 rings (SSSR count). The molecule has 1 nitrogen and oxygen atoms in total. The van der Waals surface area contributed by atoms with Gasteiger partial charge in [-0.05, 0) is 19.8 Å². The number of carbonyl (C=O) groups is 1. The number of Topliss-reactive ketones (excluding diaryl/α,β-unsaturated/α-hetero) is 1. The first-order valence-electron chi connectivity index (χ1n) is 3.94. The van der Waals surface area contributed by atoms with Gasteiger partial charge in [0.2, 0.25) is 0 Å². The molecule has 0 spiro atoms. The van der Waals surface area contributed by atoms with Crippen molar-refractivity contribution < 1.29 is 4.79 Å². The number of carbonyl (C=O) groups excluding carboxylic acids is 1. The lowest BCUT2D eigenvalue weighted by molar-refractivity contribution is -0.116. The predicted molar refractivity (Wildman–Crippen MR) is 52.1 cm³/mol. The van der Waals surface area contributed by atoms with Gasteiger partial charge in [0.05, 0.1) is 5.33 Å². The molecule has 0 unspecified atom stereocenters. The van der Waals surface area contributed by atoms with Crippen molar-refractivity contribution in [2.24, 2.45) is 0 Å². The van der Waals surface area contributed by atoms with E-state index < -0.39 is 0 Å². The third-order valence-corrected chi connectivity index (χ3v) is 2.25. The Hall–Kier alpha value is -0.110. The number of rotatable bonds is 5. The molecule has 0 aromatic carbocycles. The van der Waals surface area contributed by atoms with Gasteiger partial charge in [0.15, 0.2) is 0 Å². The molecule has 0 amide bonds. The van der Waals surface area contributed by atoms with Gasteiger partial charge in [-0.25, -0.2) is 0 Å². The van der Waals surface area contributed by atoms with E-state index in [9.17, 15) is 4.79 Å². The molecule has 2 heteroatoms. The average Bonchev–Trinajstić information content (AvgIpc) is 2.04. The smallest absolute Gasteiger partial charge is 0.143 e. The summed E-state index contributed by atoms with van der Waals surface area (Å²) in [6.45, 7) is 4.22. The molecular weight excluding hydrogens is 204 g/mol. The summed E-state index contributed by atoms with van der Waals surface area (Å²) >= 11 is 3.13. The number of hydrogen-bond acceptors (Lipinski definition) is 1. The molecule has 0 aliphatic rings. The summed E-state index contributed by atoms with van der Waals surface area (Å²) in [4.78, 5) is 10.8. The van der Waals surface area contributed by atoms with E-state index >= 15 is 0 Å². The van der Waals surface area contributed by atoms with Crippen LogP contribution in [0.2, 0.25) is 0 Å². The van der Waals surface area contributed by atoms with Gasteiger partial charge in [-0.2, -0.15) is 0 Å². The fraction of sp³-hybridized carbons (Fsp3) is 0.667. The lowest BCUT2D eigenvalue weighted by Gasteiger charge is -1.94. The summed E-state index contributed by atoms with van der Waals surface area (Å²) < 4.78 is 0. The molecule has 0 aliphatic heterocycles. The van der Waals surface area contributed by atoms with Crippen LogP contribution in [0.25, 0.3) is 0 Å². The zero-order valence-corrected chi connectivity index (χ0v) is 8.78. The highest BCUT2D eigenvalue weighted by Gasteiger charge is 1.95. The van der Waals surface area contributed by atoms with Crippen molar-refractivity contribution >= 4 is 21.7 Å². The summed E-state index contributed by atoms with van der Waals surface area (Å²) in [5.41, 5.74) is 1.37. The molecule has 64 valence electrons. The van der Waals surface area contributed by atoms with Gasteiger partial charge in [0.1, 0.15) is 5.78 Å². The number of halogens is 1. The molecular formula is C9H15BrO. The van der Waals surface area contributed by atoms with Crippen molar-refractivity contribution in [3.05, 3.63) is 11.6 Å². The second-order valence-electron chi connectivity index (χ2n) is 2.62. The lowest BCUT2D eigenvalue weighted by Crippen LogP contribution is -1.96. The van der Waals surface area contributed by atoms with Gasteiger partial charge in [-0.1, -0.05) is 34.5 Å².